The number of esters is 1. The molecule has 0 bridgehead atoms. The monoisotopic (exact) mass is 441 g/mol. The third-order valence-corrected chi connectivity index (χ3v) is 5.18. The second-order valence-corrected chi connectivity index (χ2v) is 7.06. The standard InChI is InChI=1S/C22H23N3O7/c1-5-32-18-11-14(9-10-17(18)26)20-19(21(27)31-4)13(2)24(22(28)23(20)3)15-7-6-8-16(12-15)25(29)30/h6-12,20,26H,5H2,1-4H3/t20-/m0/s1. The van der Waals surface area contributed by atoms with Crippen molar-refractivity contribution in [3.8, 4) is 11.5 Å². The summed E-state index contributed by atoms with van der Waals surface area (Å²) in [6.45, 7) is 3.66. The molecule has 0 aliphatic carbocycles. The Labute approximate surface area is 184 Å². The van der Waals surface area contributed by atoms with Crippen LogP contribution in [0.2, 0.25) is 0 Å². The minimum atomic E-state index is -0.829. The van der Waals surface area contributed by atoms with E-state index in [2.05, 4.69) is 0 Å². The van der Waals surface area contributed by atoms with E-state index in [1.54, 1.807) is 32.0 Å². The fourth-order valence-corrected chi connectivity index (χ4v) is 3.70. The van der Waals surface area contributed by atoms with Gasteiger partial charge in [-0.15, -0.1) is 0 Å². The Kier molecular flexibility index (Phi) is 6.33. The first-order valence-corrected chi connectivity index (χ1v) is 9.77. The molecule has 10 nitrogen and oxygen atoms in total. The van der Waals surface area contributed by atoms with Crippen molar-refractivity contribution < 1.29 is 29.1 Å². The number of amides is 2. The molecule has 0 unspecified atom stereocenters. The van der Waals surface area contributed by atoms with Crippen molar-refractivity contribution in [2.45, 2.75) is 19.9 Å². The number of nitrogens with zero attached hydrogens (tertiary/aromatic N) is 3. The second kappa shape index (κ2) is 8.96. The number of allylic oxidation sites excluding steroid dienone is 1. The molecule has 32 heavy (non-hydrogen) atoms. The quantitative estimate of drug-likeness (QED) is 0.411. The first-order valence-electron chi connectivity index (χ1n) is 9.77. The van der Waals surface area contributed by atoms with Crippen LogP contribution in [0.25, 0.3) is 0 Å². The molecule has 0 aromatic heterocycles. The molecule has 2 aromatic rings. The van der Waals surface area contributed by atoms with Gasteiger partial charge in [-0.05, 0) is 37.6 Å². The number of ether oxygens (including phenoxy) is 2. The summed E-state index contributed by atoms with van der Waals surface area (Å²) in [6, 6.07) is 8.84. The van der Waals surface area contributed by atoms with Gasteiger partial charge in [-0.25, -0.2) is 9.59 Å². The van der Waals surface area contributed by atoms with Gasteiger partial charge in [0.25, 0.3) is 5.69 Å². The lowest BCUT2D eigenvalue weighted by atomic mass is 9.93. The Morgan fingerprint density at radius 1 is 1.25 bits per heavy atom. The number of carbonyl (C=O) groups is 2. The fourth-order valence-electron chi connectivity index (χ4n) is 3.70. The van der Waals surface area contributed by atoms with E-state index in [0.717, 1.165) is 0 Å². The second-order valence-electron chi connectivity index (χ2n) is 7.06. The molecule has 168 valence electrons. The van der Waals surface area contributed by atoms with Crippen LogP contribution >= 0.6 is 0 Å². The van der Waals surface area contributed by atoms with Crippen LogP contribution in [-0.4, -0.2) is 47.7 Å². The molecule has 3 rings (SSSR count). The summed E-state index contributed by atoms with van der Waals surface area (Å²) in [6.07, 6.45) is 0. The molecule has 1 aliphatic rings. The van der Waals surface area contributed by atoms with Crippen molar-refractivity contribution in [1.82, 2.24) is 4.90 Å². The number of methoxy groups -OCH3 is 1. The smallest absolute Gasteiger partial charge is 0.337 e. The Morgan fingerprint density at radius 3 is 2.59 bits per heavy atom. The van der Waals surface area contributed by atoms with E-state index in [1.165, 1.54) is 48.2 Å². The molecular weight excluding hydrogens is 418 g/mol. The summed E-state index contributed by atoms with van der Waals surface area (Å²) < 4.78 is 10.4. The van der Waals surface area contributed by atoms with Crippen LogP contribution in [0.3, 0.4) is 0 Å². The third-order valence-electron chi connectivity index (χ3n) is 5.18. The zero-order valence-electron chi connectivity index (χ0n) is 18.1. The summed E-state index contributed by atoms with van der Waals surface area (Å²) in [5.41, 5.74) is 1.03. The number of likely N-dealkylation sites (N-methyl/N-ethyl adjacent to an activating group) is 1. The van der Waals surface area contributed by atoms with Crippen LogP contribution in [0.5, 0.6) is 11.5 Å². The third kappa shape index (κ3) is 3.94. The Bertz CT molecular complexity index is 1110. The van der Waals surface area contributed by atoms with E-state index < -0.39 is 23.0 Å². The topological polar surface area (TPSA) is 122 Å². The number of hydrogen-bond acceptors (Lipinski definition) is 7. The zero-order valence-corrected chi connectivity index (χ0v) is 18.1. The minimum Gasteiger partial charge on any atom is -0.504 e. The van der Waals surface area contributed by atoms with Crippen molar-refractivity contribution in [2.24, 2.45) is 0 Å². The van der Waals surface area contributed by atoms with E-state index >= 15 is 0 Å². The Hall–Kier alpha value is -4.08. The predicted molar refractivity (Wildman–Crippen MR) is 115 cm³/mol. The van der Waals surface area contributed by atoms with Gasteiger partial charge < -0.3 is 19.5 Å². The van der Waals surface area contributed by atoms with E-state index in [4.69, 9.17) is 9.47 Å². The number of non-ortho nitro benzene ring substituents is 1. The van der Waals surface area contributed by atoms with E-state index in [-0.39, 0.29) is 34.1 Å². The molecule has 0 spiro atoms. The number of urea groups is 1. The van der Waals surface area contributed by atoms with Gasteiger partial charge in [-0.1, -0.05) is 12.1 Å². The zero-order chi connectivity index (χ0) is 23.6. The lowest BCUT2D eigenvalue weighted by Gasteiger charge is -2.40. The van der Waals surface area contributed by atoms with Crippen LogP contribution in [0.1, 0.15) is 25.5 Å². The highest BCUT2D eigenvalue weighted by Gasteiger charge is 2.41. The number of phenolic OH excluding ortho intramolecular Hbond substituents is 1. The van der Waals surface area contributed by atoms with Crippen LogP contribution in [0, 0.1) is 10.1 Å². The molecule has 1 aliphatic heterocycles. The molecule has 10 heteroatoms. The summed E-state index contributed by atoms with van der Waals surface area (Å²) in [4.78, 5) is 39.4. The maximum absolute atomic E-state index is 13.4. The van der Waals surface area contributed by atoms with Gasteiger partial charge in [0.15, 0.2) is 11.5 Å². The maximum Gasteiger partial charge on any atom is 0.337 e. The van der Waals surface area contributed by atoms with Crippen LogP contribution in [-0.2, 0) is 9.53 Å². The Morgan fingerprint density at radius 2 is 1.97 bits per heavy atom. The molecule has 2 amide bonds. The molecule has 2 aromatic carbocycles. The minimum absolute atomic E-state index is 0.0704. The summed E-state index contributed by atoms with van der Waals surface area (Å²) in [5.74, 6) is -0.513. The molecule has 0 saturated carbocycles. The van der Waals surface area contributed by atoms with Crippen molar-refractivity contribution in [2.75, 3.05) is 25.7 Å². The van der Waals surface area contributed by atoms with Gasteiger partial charge in [-0.3, -0.25) is 15.0 Å². The highest BCUT2D eigenvalue weighted by atomic mass is 16.6. The maximum atomic E-state index is 13.4. The first-order chi connectivity index (χ1) is 15.2. The number of benzene rings is 2. The van der Waals surface area contributed by atoms with E-state index in [1.807, 2.05) is 0 Å². The summed E-state index contributed by atoms with van der Waals surface area (Å²) in [7, 11) is 2.75. The number of nitro benzene ring substituents is 1. The number of phenols is 1. The van der Waals surface area contributed by atoms with Gasteiger partial charge >= 0.3 is 12.0 Å². The Balaban J connectivity index is 2.20. The average Bonchev–Trinajstić information content (AvgIpc) is 2.77. The molecule has 0 radical (unpaired) electrons. The average molecular weight is 441 g/mol. The molecular formula is C22H23N3O7. The lowest BCUT2D eigenvalue weighted by molar-refractivity contribution is -0.384. The number of nitro groups is 1. The number of hydrogen-bond donors (Lipinski definition) is 1. The van der Waals surface area contributed by atoms with Crippen LogP contribution < -0.4 is 9.64 Å². The highest BCUT2D eigenvalue weighted by molar-refractivity contribution is 6.03. The molecule has 1 N–H and O–H groups in total. The van der Waals surface area contributed by atoms with E-state index in [9.17, 15) is 24.8 Å². The van der Waals surface area contributed by atoms with Crippen molar-refractivity contribution in [3.05, 3.63) is 69.4 Å². The van der Waals surface area contributed by atoms with Gasteiger partial charge in [-0.2, -0.15) is 0 Å². The molecule has 1 atom stereocenters. The lowest BCUT2D eigenvalue weighted by Crippen LogP contribution is -2.49. The summed E-state index contributed by atoms with van der Waals surface area (Å²) >= 11 is 0. The number of aromatic hydroxyl groups is 1. The van der Waals surface area contributed by atoms with E-state index in [0.29, 0.717) is 12.2 Å². The SMILES string of the molecule is CCOc1cc([C@H]2C(C(=O)OC)=C(C)N(c3cccc([N+](=O)[O-])c3)C(=O)N2C)ccc1O. The molecule has 1 heterocycles. The van der Waals surface area contributed by atoms with Crippen LogP contribution in [0.15, 0.2) is 53.7 Å². The van der Waals surface area contributed by atoms with Gasteiger partial charge in [0.05, 0.1) is 35.9 Å². The first kappa shape index (κ1) is 22.6. The number of carbonyl (C=O) groups excluding carboxylic acids is 2. The molecule has 0 saturated heterocycles. The predicted octanol–water partition coefficient (Wildman–Crippen LogP) is 3.76. The molecule has 0 fully saturated rings. The number of rotatable bonds is 6. The van der Waals surface area contributed by atoms with Crippen molar-refractivity contribution in [1.29, 1.82) is 0 Å². The highest BCUT2D eigenvalue weighted by Crippen LogP contribution is 2.41. The number of anilines is 1. The van der Waals surface area contributed by atoms with Crippen LogP contribution in [0.4, 0.5) is 16.2 Å². The van der Waals surface area contributed by atoms with Crippen molar-refractivity contribution in [3.63, 3.8) is 0 Å². The normalized spacial score (nSPS) is 16.2. The van der Waals surface area contributed by atoms with Gasteiger partial charge in [0, 0.05) is 24.9 Å². The van der Waals surface area contributed by atoms with Crippen molar-refractivity contribution >= 4 is 23.4 Å². The fraction of sp³-hybridized carbons (Fsp3) is 0.273. The van der Waals surface area contributed by atoms with Gasteiger partial charge in [0.2, 0.25) is 0 Å². The van der Waals surface area contributed by atoms with Gasteiger partial charge in [0.1, 0.15) is 0 Å². The summed E-state index contributed by atoms with van der Waals surface area (Å²) in [5, 5.41) is 21.2. The largest absolute Gasteiger partial charge is 0.504 e.